The summed E-state index contributed by atoms with van der Waals surface area (Å²) < 4.78 is 35.2. The highest BCUT2D eigenvalue weighted by Crippen LogP contribution is 2.31. The average molecular weight is 455 g/mol. The largest absolute Gasteiger partial charge is 0.418 e. The van der Waals surface area contributed by atoms with Crippen molar-refractivity contribution in [1.82, 2.24) is 24.2 Å². The zero-order valence-electron chi connectivity index (χ0n) is 16.7. The number of hydrogen-bond donors (Lipinski definition) is 2. The van der Waals surface area contributed by atoms with Crippen LogP contribution in [-0.2, 0) is 23.6 Å². The molecule has 9 nitrogen and oxygen atoms in total. The fourth-order valence-electron chi connectivity index (χ4n) is 3.36. The molecule has 1 aromatic carbocycles. The van der Waals surface area contributed by atoms with Gasteiger partial charge in [-0.1, -0.05) is 12.1 Å². The van der Waals surface area contributed by atoms with Gasteiger partial charge in [-0.25, -0.2) is 23.1 Å². The Kier molecular flexibility index (Phi) is 4.73. The van der Waals surface area contributed by atoms with Crippen LogP contribution < -0.4 is 10.0 Å². The van der Waals surface area contributed by atoms with Crippen LogP contribution in [0.1, 0.15) is 5.56 Å². The predicted molar refractivity (Wildman–Crippen MR) is 119 cm³/mol. The van der Waals surface area contributed by atoms with Gasteiger partial charge < -0.3 is 14.3 Å². The second-order valence-electron chi connectivity index (χ2n) is 6.92. The first-order valence-corrected chi connectivity index (χ1v) is 11.8. The van der Waals surface area contributed by atoms with Gasteiger partial charge in [0.25, 0.3) is 5.71 Å². The van der Waals surface area contributed by atoms with Crippen molar-refractivity contribution in [2.75, 3.05) is 12.4 Å². The van der Waals surface area contributed by atoms with Crippen LogP contribution in [0.5, 0.6) is 0 Å². The van der Waals surface area contributed by atoms with Crippen molar-refractivity contribution >= 4 is 49.4 Å². The van der Waals surface area contributed by atoms with E-state index in [-0.39, 0.29) is 11.4 Å². The molecule has 5 rings (SSSR count). The van der Waals surface area contributed by atoms with Gasteiger partial charge in [0.1, 0.15) is 11.0 Å². The minimum absolute atomic E-state index is 0.153. The summed E-state index contributed by atoms with van der Waals surface area (Å²) in [4.78, 5) is 13.8. The molecule has 4 heterocycles. The number of fused-ring (bicyclic) bond motifs is 3. The Morgan fingerprint density at radius 1 is 1.19 bits per heavy atom. The molecule has 5 aromatic rings. The monoisotopic (exact) mass is 454 g/mol. The number of aromatic nitrogens is 4. The van der Waals surface area contributed by atoms with Crippen LogP contribution in [0.4, 0.5) is 5.82 Å². The van der Waals surface area contributed by atoms with Crippen LogP contribution >= 0.6 is 11.3 Å². The third-order valence-corrected chi connectivity index (χ3v) is 7.12. The number of sulfonamides is 1. The number of nitrogens with zero attached hydrogens (tertiary/aromatic N) is 4. The number of benzene rings is 1. The maximum atomic E-state index is 12.4. The highest BCUT2D eigenvalue weighted by atomic mass is 32.2. The Morgan fingerprint density at radius 3 is 2.84 bits per heavy atom. The zero-order valence-corrected chi connectivity index (χ0v) is 18.3. The average Bonchev–Trinajstić information content (AvgIpc) is 3.52. The van der Waals surface area contributed by atoms with Crippen molar-refractivity contribution in [3.8, 4) is 11.5 Å². The van der Waals surface area contributed by atoms with Gasteiger partial charge in [0.2, 0.25) is 15.9 Å². The number of thiophene rings is 1. The Labute approximate surface area is 181 Å². The molecule has 0 bridgehead atoms. The maximum absolute atomic E-state index is 12.4. The molecule has 0 aliphatic rings. The van der Waals surface area contributed by atoms with E-state index in [2.05, 4.69) is 25.0 Å². The molecule has 158 valence electrons. The summed E-state index contributed by atoms with van der Waals surface area (Å²) in [6.07, 6.45) is 1.71. The lowest BCUT2D eigenvalue weighted by Crippen LogP contribution is -2.22. The molecule has 0 radical (unpaired) electrons. The molecule has 4 aromatic heterocycles. The Bertz CT molecular complexity index is 1500. The number of oxazole rings is 1. The molecule has 0 aliphatic carbocycles. The number of hydrogen-bond acceptors (Lipinski definition) is 8. The van der Waals surface area contributed by atoms with Gasteiger partial charge in [-0.2, -0.15) is 16.3 Å². The number of aryl methyl sites for hydroxylation is 1. The van der Waals surface area contributed by atoms with E-state index in [4.69, 9.17) is 4.42 Å². The first-order valence-electron chi connectivity index (χ1n) is 9.37. The molecule has 0 unspecified atom stereocenters. The molecule has 0 aliphatic heterocycles. The summed E-state index contributed by atoms with van der Waals surface area (Å²) >= 11 is 1.34. The zero-order chi connectivity index (χ0) is 21.6. The van der Waals surface area contributed by atoms with E-state index >= 15 is 0 Å². The van der Waals surface area contributed by atoms with Gasteiger partial charge in [-0.05, 0) is 29.1 Å². The molecule has 0 spiro atoms. The summed E-state index contributed by atoms with van der Waals surface area (Å²) in [6, 6.07) is 8.97. The molecular formula is C20H18N6O3S2. The quantitative estimate of drug-likeness (QED) is 0.404. The lowest BCUT2D eigenvalue weighted by Gasteiger charge is -2.06. The van der Waals surface area contributed by atoms with E-state index in [9.17, 15) is 8.42 Å². The van der Waals surface area contributed by atoms with E-state index in [1.54, 1.807) is 30.2 Å². The van der Waals surface area contributed by atoms with Crippen molar-refractivity contribution in [3.63, 3.8) is 0 Å². The van der Waals surface area contributed by atoms with E-state index in [0.29, 0.717) is 28.5 Å². The van der Waals surface area contributed by atoms with Crippen molar-refractivity contribution in [3.05, 3.63) is 53.0 Å². The molecule has 0 saturated carbocycles. The van der Waals surface area contributed by atoms with E-state index in [0.717, 1.165) is 16.6 Å². The van der Waals surface area contributed by atoms with Crippen molar-refractivity contribution in [2.24, 2.45) is 7.05 Å². The molecule has 0 atom stereocenters. The maximum Gasteiger partial charge on any atom is 0.251 e. The number of rotatable bonds is 6. The molecule has 11 heteroatoms. The molecule has 2 N–H and O–H groups in total. The fourth-order valence-corrected chi connectivity index (χ4v) is 5.40. The van der Waals surface area contributed by atoms with Gasteiger partial charge >= 0.3 is 0 Å². The molecule has 0 fully saturated rings. The van der Waals surface area contributed by atoms with Gasteiger partial charge in [-0.3, -0.25) is 0 Å². The summed E-state index contributed by atoms with van der Waals surface area (Å²) in [5.74, 6) is 1.02. The Morgan fingerprint density at radius 2 is 2.06 bits per heavy atom. The normalized spacial score (nSPS) is 12.1. The molecular weight excluding hydrogens is 436 g/mol. The molecule has 31 heavy (non-hydrogen) atoms. The standard InChI is InChI=1S/C20H18N6O3S2/c1-21-18-15-17(26(2)11-22-15)16-20(25-18)29-19(24-16)13-5-3-4-12(8-13)9-23-31(27,28)14-6-7-30-10-14/h3-8,10-11,23H,9H2,1-2H3,(H,21,25). The lowest BCUT2D eigenvalue weighted by molar-refractivity contribution is 0.581. The van der Waals surface area contributed by atoms with Crippen LogP contribution in [0, 0.1) is 0 Å². The Hall–Kier alpha value is -3.28. The third-order valence-electron chi connectivity index (χ3n) is 4.89. The SMILES string of the molecule is CNc1nc2oc(-c3cccc(CNS(=O)(=O)c4ccsc4)c3)nc2c2c1ncn2C. The van der Waals surface area contributed by atoms with E-state index in [1.165, 1.54) is 11.3 Å². The van der Waals surface area contributed by atoms with Gasteiger partial charge in [0, 0.05) is 31.6 Å². The number of nitrogens with one attached hydrogen (secondary N) is 2. The first kappa shape index (κ1) is 19.7. The third kappa shape index (κ3) is 3.46. The highest BCUT2D eigenvalue weighted by molar-refractivity contribution is 7.89. The number of anilines is 1. The lowest BCUT2D eigenvalue weighted by atomic mass is 10.1. The predicted octanol–water partition coefficient (Wildman–Crippen LogP) is 3.36. The van der Waals surface area contributed by atoms with Crippen LogP contribution in [0.3, 0.4) is 0 Å². The molecule has 0 saturated heterocycles. The minimum Gasteiger partial charge on any atom is -0.418 e. The van der Waals surface area contributed by atoms with Crippen LogP contribution in [0.2, 0.25) is 0 Å². The van der Waals surface area contributed by atoms with E-state index in [1.807, 2.05) is 35.9 Å². The van der Waals surface area contributed by atoms with Crippen molar-refractivity contribution in [2.45, 2.75) is 11.4 Å². The second kappa shape index (κ2) is 7.45. The highest BCUT2D eigenvalue weighted by Gasteiger charge is 2.19. The van der Waals surface area contributed by atoms with Gasteiger partial charge in [0.15, 0.2) is 11.3 Å². The van der Waals surface area contributed by atoms with Crippen molar-refractivity contribution in [1.29, 1.82) is 0 Å². The fraction of sp³-hybridized carbons (Fsp3) is 0.150. The second-order valence-corrected chi connectivity index (χ2v) is 9.47. The minimum atomic E-state index is -3.55. The van der Waals surface area contributed by atoms with Crippen LogP contribution in [0.15, 0.2) is 56.7 Å². The van der Waals surface area contributed by atoms with Crippen molar-refractivity contribution < 1.29 is 12.8 Å². The topological polar surface area (TPSA) is 115 Å². The summed E-state index contributed by atoms with van der Waals surface area (Å²) in [6.45, 7) is 0.153. The number of imidazole rings is 1. The Balaban J connectivity index is 1.50. The summed E-state index contributed by atoms with van der Waals surface area (Å²) in [5.41, 5.74) is 4.07. The molecule has 0 amide bonds. The summed E-state index contributed by atoms with van der Waals surface area (Å²) in [7, 11) is 0.121. The van der Waals surface area contributed by atoms with Crippen LogP contribution in [-0.4, -0.2) is 35.0 Å². The smallest absolute Gasteiger partial charge is 0.251 e. The number of pyridine rings is 1. The van der Waals surface area contributed by atoms with Crippen LogP contribution in [0.25, 0.3) is 33.7 Å². The van der Waals surface area contributed by atoms with Gasteiger partial charge in [0.05, 0.1) is 11.2 Å². The first-order chi connectivity index (χ1) is 15.0. The van der Waals surface area contributed by atoms with E-state index < -0.39 is 10.0 Å². The van der Waals surface area contributed by atoms with Gasteiger partial charge in [-0.15, -0.1) is 0 Å². The summed E-state index contributed by atoms with van der Waals surface area (Å²) in [5, 5.41) is 6.37.